The number of aromatic nitrogens is 4. The molecule has 0 N–H and O–H groups in total. The average molecular weight is 399 g/mol. The van der Waals surface area contributed by atoms with Gasteiger partial charge in [0.2, 0.25) is 11.7 Å². The second kappa shape index (κ2) is 7.75. The second-order valence-corrected chi connectivity index (χ2v) is 6.87. The molecule has 30 heavy (non-hydrogen) atoms. The molecule has 3 heterocycles. The summed E-state index contributed by atoms with van der Waals surface area (Å²) in [6, 6.07) is 16.6. The number of nitrogens with zero attached hydrogens (tertiary/aromatic N) is 5. The molecular formula is C22H17N5O3. The molecule has 1 aliphatic rings. The third kappa shape index (κ3) is 3.50. The Morgan fingerprint density at radius 2 is 1.83 bits per heavy atom. The van der Waals surface area contributed by atoms with Crippen LogP contribution in [0.25, 0.3) is 11.5 Å². The van der Waals surface area contributed by atoms with Crippen molar-refractivity contribution in [3.05, 3.63) is 84.6 Å². The van der Waals surface area contributed by atoms with Crippen molar-refractivity contribution in [2.24, 2.45) is 0 Å². The minimum atomic E-state index is -0.0913. The first-order chi connectivity index (χ1) is 14.8. The minimum Gasteiger partial charge on any atom is -0.457 e. The van der Waals surface area contributed by atoms with Crippen LogP contribution in [0, 0.1) is 0 Å². The third-order valence-corrected chi connectivity index (χ3v) is 4.84. The van der Waals surface area contributed by atoms with Gasteiger partial charge in [0.1, 0.15) is 17.2 Å². The van der Waals surface area contributed by atoms with E-state index in [1.54, 1.807) is 35.6 Å². The van der Waals surface area contributed by atoms with Crippen molar-refractivity contribution < 1.29 is 14.1 Å². The van der Waals surface area contributed by atoms with Crippen LogP contribution in [0.3, 0.4) is 0 Å². The molecule has 1 aliphatic heterocycles. The highest BCUT2D eigenvalue weighted by Crippen LogP contribution is 2.31. The first-order valence-corrected chi connectivity index (χ1v) is 9.49. The quantitative estimate of drug-likeness (QED) is 0.506. The zero-order valence-electron chi connectivity index (χ0n) is 15.9. The number of hydrogen-bond acceptors (Lipinski definition) is 7. The first kappa shape index (κ1) is 18.0. The molecule has 4 aromatic rings. The topological polar surface area (TPSA) is 94.2 Å². The Kier molecular flexibility index (Phi) is 4.65. The molecule has 0 saturated carbocycles. The normalized spacial score (nSPS) is 13.7. The third-order valence-electron chi connectivity index (χ3n) is 4.84. The zero-order valence-corrected chi connectivity index (χ0v) is 15.9. The molecule has 148 valence electrons. The molecule has 0 atom stereocenters. The lowest BCUT2D eigenvalue weighted by Gasteiger charge is -2.37. The highest BCUT2D eigenvalue weighted by atomic mass is 16.5. The molecule has 0 aliphatic carbocycles. The maximum Gasteiger partial charge on any atom is 0.257 e. The average Bonchev–Trinajstić information content (AvgIpc) is 3.24. The number of para-hydroxylation sites is 2. The molecule has 8 nitrogen and oxygen atoms in total. The van der Waals surface area contributed by atoms with Crippen LogP contribution in [0.1, 0.15) is 22.2 Å². The van der Waals surface area contributed by atoms with Crippen molar-refractivity contribution in [1.82, 2.24) is 25.0 Å². The van der Waals surface area contributed by atoms with Crippen LogP contribution >= 0.6 is 0 Å². The number of likely N-dealkylation sites (tertiary alicyclic amines) is 1. The Morgan fingerprint density at radius 1 is 1.03 bits per heavy atom. The second-order valence-electron chi connectivity index (χ2n) is 6.87. The summed E-state index contributed by atoms with van der Waals surface area (Å²) in [5.41, 5.74) is 1.07. The summed E-state index contributed by atoms with van der Waals surface area (Å²) in [7, 11) is 0. The monoisotopic (exact) mass is 399 g/mol. The lowest BCUT2D eigenvalue weighted by atomic mass is 9.98. The molecule has 1 fully saturated rings. The summed E-state index contributed by atoms with van der Waals surface area (Å²) in [5.74, 6) is 2.00. The number of hydrogen-bond donors (Lipinski definition) is 0. The minimum absolute atomic E-state index is 0.00549. The number of ether oxygens (including phenoxy) is 1. The Bertz CT molecular complexity index is 1160. The van der Waals surface area contributed by atoms with E-state index in [9.17, 15) is 4.79 Å². The van der Waals surface area contributed by atoms with Gasteiger partial charge in [-0.15, -0.1) is 0 Å². The maximum absolute atomic E-state index is 13.0. The lowest BCUT2D eigenvalue weighted by molar-refractivity contribution is 0.0566. The Hall–Kier alpha value is -4.07. The molecule has 0 spiro atoms. The van der Waals surface area contributed by atoms with E-state index >= 15 is 0 Å². The molecule has 0 bridgehead atoms. The van der Waals surface area contributed by atoms with Crippen LogP contribution < -0.4 is 4.74 Å². The molecule has 2 aromatic carbocycles. The number of benzene rings is 2. The van der Waals surface area contributed by atoms with Gasteiger partial charge < -0.3 is 14.2 Å². The summed E-state index contributed by atoms with van der Waals surface area (Å²) < 4.78 is 11.3. The van der Waals surface area contributed by atoms with Crippen LogP contribution in [0.15, 0.2) is 77.7 Å². The molecule has 8 heteroatoms. The summed E-state index contributed by atoms with van der Waals surface area (Å²) in [4.78, 5) is 27.3. The maximum atomic E-state index is 13.0. The van der Waals surface area contributed by atoms with Crippen LogP contribution in [0.5, 0.6) is 11.5 Å². The Labute approximate surface area is 172 Å². The van der Waals surface area contributed by atoms with Gasteiger partial charge in [-0.2, -0.15) is 4.98 Å². The molecule has 2 aromatic heterocycles. The van der Waals surface area contributed by atoms with Crippen LogP contribution in [-0.4, -0.2) is 44.0 Å². The molecule has 0 radical (unpaired) electrons. The van der Waals surface area contributed by atoms with Crippen LogP contribution in [0.4, 0.5) is 0 Å². The highest BCUT2D eigenvalue weighted by molar-refractivity contribution is 5.97. The van der Waals surface area contributed by atoms with E-state index in [1.807, 2.05) is 42.5 Å². The molecule has 1 amide bonds. The zero-order chi connectivity index (χ0) is 20.3. The van der Waals surface area contributed by atoms with E-state index in [1.165, 1.54) is 0 Å². The van der Waals surface area contributed by atoms with E-state index in [0.29, 0.717) is 47.6 Å². The van der Waals surface area contributed by atoms with Gasteiger partial charge in [-0.1, -0.05) is 35.5 Å². The van der Waals surface area contributed by atoms with Gasteiger partial charge in [0.15, 0.2) is 0 Å². The van der Waals surface area contributed by atoms with Crippen molar-refractivity contribution in [2.75, 3.05) is 13.1 Å². The number of carbonyl (C=O) groups excluding carboxylic acids is 1. The molecular weight excluding hydrogens is 382 g/mol. The van der Waals surface area contributed by atoms with E-state index in [0.717, 1.165) is 0 Å². The molecule has 0 unspecified atom stereocenters. The molecule has 5 rings (SSSR count). The number of carbonyl (C=O) groups is 1. The SMILES string of the molecule is O=C(c1ccccc1Oc1ccccc1)N1CC(c2nc(-c3cnccn3)no2)C1. The van der Waals surface area contributed by atoms with Gasteiger partial charge in [-0.05, 0) is 24.3 Å². The van der Waals surface area contributed by atoms with Gasteiger partial charge in [0.05, 0.1) is 17.7 Å². The van der Waals surface area contributed by atoms with Crippen molar-refractivity contribution >= 4 is 5.91 Å². The predicted octanol–water partition coefficient (Wildman–Crippen LogP) is 3.56. The van der Waals surface area contributed by atoms with Crippen LogP contribution in [-0.2, 0) is 0 Å². The smallest absolute Gasteiger partial charge is 0.257 e. The van der Waals surface area contributed by atoms with E-state index in [-0.39, 0.29) is 11.8 Å². The summed E-state index contributed by atoms with van der Waals surface area (Å²) in [6.07, 6.45) is 4.73. The number of amides is 1. The van der Waals surface area contributed by atoms with Crippen molar-refractivity contribution in [3.63, 3.8) is 0 Å². The van der Waals surface area contributed by atoms with Gasteiger partial charge >= 0.3 is 0 Å². The number of rotatable bonds is 5. The van der Waals surface area contributed by atoms with Gasteiger partial charge in [-0.25, -0.2) is 4.98 Å². The fourth-order valence-electron chi connectivity index (χ4n) is 3.24. The van der Waals surface area contributed by atoms with Crippen molar-refractivity contribution in [1.29, 1.82) is 0 Å². The summed E-state index contributed by atoms with van der Waals surface area (Å²) in [6.45, 7) is 1.00. The highest BCUT2D eigenvalue weighted by Gasteiger charge is 2.37. The Morgan fingerprint density at radius 3 is 2.63 bits per heavy atom. The van der Waals surface area contributed by atoms with E-state index in [4.69, 9.17) is 9.26 Å². The van der Waals surface area contributed by atoms with Gasteiger partial charge in [0, 0.05) is 25.5 Å². The largest absolute Gasteiger partial charge is 0.457 e. The van der Waals surface area contributed by atoms with E-state index < -0.39 is 0 Å². The fraction of sp³-hybridized carbons (Fsp3) is 0.136. The van der Waals surface area contributed by atoms with Crippen molar-refractivity contribution in [3.8, 4) is 23.0 Å². The summed E-state index contributed by atoms with van der Waals surface area (Å²) in [5, 5.41) is 3.97. The lowest BCUT2D eigenvalue weighted by Crippen LogP contribution is -2.48. The summed E-state index contributed by atoms with van der Waals surface area (Å²) >= 11 is 0. The first-order valence-electron chi connectivity index (χ1n) is 9.49. The standard InChI is InChI=1S/C22H17N5O3/c28-22(17-8-4-5-9-19(17)29-16-6-2-1-3-7-16)27-13-15(14-27)21-25-20(26-30-21)18-12-23-10-11-24-18/h1-12,15H,13-14H2. The van der Waals surface area contributed by atoms with Crippen molar-refractivity contribution in [2.45, 2.75) is 5.92 Å². The van der Waals surface area contributed by atoms with Gasteiger partial charge in [-0.3, -0.25) is 9.78 Å². The fourth-order valence-corrected chi connectivity index (χ4v) is 3.24. The predicted molar refractivity (Wildman–Crippen MR) is 107 cm³/mol. The van der Waals surface area contributed by atoms with Crippen LogP contribution in [0.2, 0.25) is 0 Å². The molecule has 1 saturated heterocycles. The van der Waals surface area contributed by atoms with Gasteiger partial charge in [0.25, 0.3) is 5.91 Å². The Balaban J connectivity index is 1.27. The van der Waals surface area contributed by atoms with E-state index in [2.05, 4.69) is 20.1 Å².